The number of esters is 1. The van der Waals surface area contributed by atoms with Crippen molar-refractivity contribution < 1.29 is 14.3 Å². The molecule has 188 valence electrons. The van der Waals surface area contributed by atoms with Crippen LogP contribution in [0.3, 0.4) is 0 Å². The lowest BCUT2D eigenvalue weighted by molar-refractivity contribution is 0.0601. The third kappa shape index (κ3) is 3.89. The van der Waals surface area contributed by atoms with Crippen molar-refractivity contribution in [2.75, 3.05) is 12.4 Å². The minimum absolute atomic E-state index is 0.305. The number of hydrogen-bond acceptors (Lipinski definition) is 7. The number of nitrogens with zero attached hydrogens (tertiary/aromatic N) is 5. The van der Waals surface area contributed by atoms with E-state index >= 15 is 0 Å². The number of aryl methyl sites for hydroxylation is 5. The number of methoxy groups -OCH3 is 1. The summed E-state index contributed by atoms with van der Waals surface area (Å²) in [4.78, 5) is 32.7. The van der Waals surface area contributed by atoms with E-state index in [1.807, 2.05) is 39.5 Å². The highest BCUT2D eigenvalue weighted by Crippen LogP contribution is 2.39. The minimum Gasteiger partial charge on any atom is -0.465 e. The highest BCUT2D eigenvalue weighted by molar-refractivity contribution is 7.17. The second kappa shape index (κ2) is 9.16. The maximum absolute atomic E-state index is 13.8. The molecule has 0 bridgehead atoms. The Morgan fingerprint density at radius 3 is 2.44 bits per heavy atom. The molecule has 0 aromatic carbocycles. The SMILES string of the molecule is COC(=O)c1c(NC(=O)c2cc(-c3c(C)nn(C)c3C)nc3c2c(C)nn3C)sc2c1CCCCC2. The zero-order chi connectivity index (χ0) is 25.7. The van der Waals surface area contributed by atoms with Crippen molar-refractivity contribution in [3.63, 3.8) is 0 Å². The van der Waals surface area contributed by atoms with Gasteiger partial charge < -0.3 is 10.1 Å². The molecule has 1 aliphatic carbocycles. The van der Waals surface area contributed by atoms with E-state index < -0.39 is 5.97 Å². The van der Waals surface area contributed by atoms with Gasteiger partial charge in [-0.2, -0.15) is 10.2 Å². The van der Waals surface area contributed by atoms with Crippen LogP contribution < -0.4 is 5.32 Å². The Balaban J connectivity index is 1.65. The lowest BCUT2D eigenvalue weighted by atomic mass is 10.0. The first kappa shape index (κ1) is 24.2. The second-order valence-corrected chi connectivity index (χ2v) is 10.5. The standard InChI is InChI=1S/C26H30N6O3S/c1-13-20(15(3)31(4)29-13)18-12-17(21-14(2)30-32(5)23(21)27-18)24(33)28-25-22(26(34)35-6)16-10-8-7-9-11-19(16)36-25/h12H,7-11H2,1-6H3,(H,28,33). The number of amides is 1. The molecule has 1 amide bonds. The molecule has 0 radical (unpaired) electrons. The first-order chi connectivity index (χ1) is 17.2. The summed E-state index contributed by atoms with van der Waals surface area (Å²) in [6, 6.07) is 1.81. The average molecular weight is 507 g/mol. The number of nitrogens with one attached hydrogen (secondary N) is 1. The molecule has 5 rings (SSSR count). The van der Waals surface area contributed by atoms with Crippen LogP contribution in [0.5, 0.6) is 0 Å². The number of carbonyl (C=O) groups excluding carboxylic acids is 2. The van der Waals surface area contributed by atoms with Crippen LogP contribution in [0.15, 0.2) is 6.07 Å². The van der Waals surface area contributed by atoms with E-state index in [2.05, 4.69) is 15.5 Å². The van der Waals surface area contributed by atoms with E-state index in [4.69, 9.17) is 9.72 Å². The van der Waals surface area contributed by atoms with Gasteiger partial charge in [0.05, 0.1) is 40.7 Å². The summed E-state index contributed by atoms with van der Waals surface area (Å²) in [5.41, 5.74) is 6.64. The summed E-state index contributed by atoms with van der Waals surface area (Å²) < 4.78 is 8.62. The lowest BCUT2D eigenvalue weighted by Crippen LogP contribution is -2.16. The predicted molar refractivity (Wildman–Crippen MR) is 140 cm³/mol. The number of hydrogen-bond donors (Lipinski definition) is 1. The highest BCUT2D eigenvalue weighted by Gasteiger charge is 2.28. The van der Waals surface area contributed by atoms with Gasteiger partial charge in [0.15, 0.2) is 5.65 Å². The van der Waals surface area contributed by atoms with Crippen LogP contribution in [-0.4, -0.2) is 43.5 Å². The van der Waals surface area contributed by atoms with Crippen LogP contribution in [0.2, 0.25) is 0 Å². The fourth-order valence-electron chi connectivity index (χ4n) is 5.22. The van der Waals surface area contributed by atoms with Gasteiger partial charge >= 0.3 is 5.97 Å². The second-order valence-electron chi connectivity index (χ2n) is 9.35. The van der Waals surface area contributed by atoms with E-state index in [1.165, 1.54) is 18.4 Å². The van der Waals surface area contributed by atoms with Gasteiger partial charge in [-0.3, -0.25) is 14.2 Å². The number of anilines is 1. The summed E-state index contributed by atoms with van der Waals surface area (Å²) in [5, 5.41) is 13.3. The van der Waals surface area contributed by atoms with E-state index in [-0.39, 0.29) is 5.91 Å². The smallest absolute Gasteiger partial charge is 0.341 e. The van der Waals surface area contributed by atoms with Crippen molar-refractivity contribution in [1.82, 2.24) is 24.5 Å². The van der Waals surface area contributed by atoms with Gasteiger partial charge in [0, 0.05) is 30.2 Å². The topological polar surface area (TPSA) is 104 Å². The third-order valence-corrected chi connectivity index (χ3v) is 8.22. The van der Waals surface area contributed by atoms with Gasteiger partial charge in [0.2, 0.25) is 0 Å². The molecule has 4 aromatic rings. The molecule has 9 nitrogen and oxygen atoms in total. The van der Waals surface area contributed by atoms with Crippen LogP contribution in [0.25, 0.3) is 22.3 Å². The zero-order valence-corrected chi connectivity index (χ0v) is 22.3. The number of fused-ring (bicyclic) bond motifs is 2. The predicted octanol–water partition coefficient (Wildman–Crippen LogP) is 4.66. The fourth-order valence-corrected chi connectivity index (χ4v) is 6.49. The average Bonchev–Trinajstić information content (AvgIpc) is 3.34. The molecule has 0 unspecified atom stereocenters. The van der Waals surface area contributed by atoms with Crippen molar-refractivity contribution in [1.29, 1.82) is 0 Å². The summed E-state index contributed by atoms with van der Waals surface area (Å²) in [6.07, 6.45) is 4.96. The monoisotopic (exact) mass is 506 g/mol. The number of carbonyl (C=O) groups is 2. The maximum atomic E-state index is 13.8. The first-order valence-electron chi connectivity index (χ1n) is 12.1. The van der Waals surface area contributed by atoms with Crippen molar-refractivity contribution in [3.8, 4) is 11.3 Å². The molecule has 0 spiro atoms. The van der Waals surface area contributed by atoms with Crippen molar-refractivity contribution in [3.05, 3.63) is 44.7 Å². The Kier molecular flexibility index (Phi) is 6.15. The molecule has 0 saturated carbocycles. The lowest BCUT2D eigenvalue weighted by Gasteiger charge is -2.10. The van der Waals surface area contributed by atoms with Crippen molar-refractivity contribution >= 4 is 39.2 Å². The summed E-state index contributed by atoms with van der Waals surface area (Å²) >= 11 is 1.48. The molecule has 36 heavy (non-hydrogen) atoms. The summed E-state index contributed by atoms with van der Waals surface area (Å²) in [5.74, 6) is -0.718. The number of aromatic nitrogens is 5. The molecule has 1 N–H and O–H groups in total. The molecule has 0 fully saturated rings. The first-order valence-corrected chi connectivity index (χ1v) is 12.9. The maximum Gasteiger partial charge on any atom is 0.341 e. The molecule has 10 heteroatoms. The van der Waals surface area contributed by atoms with Gasteiger partial charge in [-0.15, -0.1) is 11.3 Å². The van der Waals surface area contributed by atoms with Crippen LogP contribution in [0.1, 0.15) is 67.5 Å². The van der Waals surface area contributed by atoms with Crippen LogP contribution in [0, 0.1) is 20.8 Å². The number of thiophene rings is 1. The van der Waals surface area contributed by atoms with Crippen molar-refractivity contribution in [2.24, 2.45) is 14.1 Å². The molecular formula is C26H30N6O3S. The Labute approximate surface area is 213 Å². The number of pyridine rings is 1. The van der Waals surface area contributed by atoms with Gasteiger partial charge in [-0.1, -0.05) is 6.42 Å². The van der Waals surface area contributed by atoms with Crippen LogP contribution in [-0.2, 0) is 31.7 Å². The molecule has 1 aliphatic rings. The summed E-state index contributed by atoms with van der Waals surface area (Å²) in [7, 11) is 5.09. The molecular weight excluding hydrogens is 476 g/mol. The fraction of sp³-hybridized carbons (Fsp3) is 0.423. The van der Waals surface area contributed by atoms with Crippen molar-refractivity contribution in [2.45, 2.75) is 52.9 Å². The summed E-state index contributed by atoms with van der Waals surface area (Å²) in [6.45, 7) is 5.79. The van der Waals surface area contributed by atoms with Gasteiger partial charge in [0.25, 0.3) is 5.91 Å². The third-order valence-electron chi connectivity index (χ3n) is 7.02. The van der Waals surface area contributed by atoms with Gasteiger partial charge in [0.1, 0.15) is 5.00 Å². The molecule has 4 aromatic heterocycles. The quantitative estimate of drug-likeness (QED) is 0.319. The van der Waals surface area contributed by atoms with E-state index in [0.29, 0.717) is 38.5 Å². The Morgan fingerprint density at radius 2 is 1.75 bits per heavy atom. The largest absolute Gasteiger partial charge is 0.465 e. The molecule has 0 saturated heterocycles. The van der Waals surface area contributed by atoms with Crippen LogP contribution >= 0.6 is 11.3 Å². The van der Waals surface area contributed by atoms with Gasteiger partial charge in [-0.25, -0.2) is 9.78 Å². The Hall–Kier alpha value is -3.53. The number of rotatable bonds is 4. The van der Waals surface area contributed by atoms with Crippen LogP contribution in [0.4, 0.5) is 5.00 Å². The van der Waals surface area contributed by atoms with E-state index in [0.717, 1.165) is 59.5 Å². The molecule has 0 aliphatic heterocycles. The number of ether oxygens (including phenoxy) is 1. The minimum atomic E-state index is -0.413. The molecule has 4 heterocycles. The highest BCUT2D eigenvalue weighted by atomic mass is 32.1. The Bertz CT molecular complexity index is 1530. The molecule has 0 atom stereocenters. The van der Waals surface area contributed by atoms with E-state index in [9.17, 15) is 9.59 Å². The Morgan fingerprint density at radius 1 is 1.03 bits per heavy atom. The zero-order valence-electron chi connectivity index (χ0n) is 21.5. The normalized spacial score (nSPS) is 13.5. The van der Waals surface area contributed by atoms with E-state index in [1.54, 1.807) is 10.7 Å². The van der Waals surface area contributed by atoms with Gasteiger partial charge in [-0.05, 0) is 58.1 Å².